The Bertz CT molecular complexity index is 1710. The zero-order valence-electron chi connectivity index (χ0n) is 21.1. The van der Waals surface area contributed by atoms with Crippen molar-refractivity contribution in [3.63, 3.8) is 0 Å². The Morgan fingerprint density at radius 1 is 0.895 bits per heavy atom. The van der Waals surface area contributed by atoms with Crippen molar-refractivity contribution in [2.75, 3.05) is 18.8 Å². The number of rotatable bonds is 8. The third-order valence-electron chi connectivity index (χ3n) is 6.02. The predicted octanol–water partition coefficient (Wildman–Crippen LogP) is 5.91. The van der Waals surface area contributed by atoms with E-state index in [0.29, 0.717) is 27.9 Å². The number of aromatic amines is 1. The lowest BCUT2D eigenvalue weighted by atomic mass is 10.0. The molecule has 0 atom stereocenters. The molecule has 0 spiro atoms. The number of H-pyrrole nitrogens is 1. The van der Waals surface area contributed by atoms with E-state index in [-0.39, 0.29) is 10.8 Å². The Balaban J connectivity index is 1.63. The number of sulfonamides is 1. The molecule has 0 bridgehead atoms. The molecule has 0 aliphatic rings. The minimum atomic E-state index is -3.78. The standard InChI is InChI=1S/C30H28N4O3S/c1-34(2)20-21-10-9-13-23(18-21)31-29(22-11-5-3-6-12-22)28-26-19-24(16-17-27(26)32-30(28)35)33-38(36,37)25-14-7-4-8-15-25/h3-19,32-33,35H,20H2,1-2H3. The molecule has 0 fully saturated rings. The van der Waals surface area contributed by atoms with Gasteiger partial charge >= 0.3 is 0 Å². The van der Waals surface area contributed by atoms with Crippen molar-refractivity contribution in [3.8, 4) is 5.88 Å². The summed E-state index contributed by atoms with van der Waals surface area (Å²) in [6, 6.07) is 30.9. The fraction of sp³-hybridized carbons (Fsp3) is 0.100. The second-order valence-electron chi connectivity index (χ2n) is 9.26. The number of hydrogen-bond donors (Lipinski definition) is 3. The minimum absolute atomic E-state index is 0.0462. The third-order valence-corrected chi connectivity index (χ3v) is 7.42. The van der Waals surface area contributed by atoms with E-state index in [1.165, 1.54) is 0 Å². The lowest BCUT2D eigenvalue weighted by molar-refractivity contribution is 0.402. The van der Waals surface area contributed by atoms with Crippen LogP contribution in [0.3, 0.4) is 0 Å². The van der Waals surface area contributed by atoms with Crippen LogP contribution in [0.15, 0.2) is 113 Å². The summed E-state index contributed by atoms with van der Waals surface area (Å²) in [7, 11) is 0.245. The molecular weight excluding hydrogens is 496 g/mol. The van der Waals surface area contributed by atoms with Crippen molar-refractivity contribution in [3.05, 3.63) is 120 Å². The summed E-state index contributed by atoms with van der Waals surface area (Å²) in [5.74, 6) is -0.0462. The summed E-state index contributed by atoms with van der Waals surface area (Å²) in [5.41, 5.74) is 4.77. The monoisotopic (exact) mass is 524 g/mol. The van der Waals surface area contributed by atoms with Gasteiger partial charge < -0.3 is 15.0 Å². The molecule has 0 radical (unpaired) electrons. The topological polar surface area (TPSA) is 97.8 Å². The van der Waals surface area contributed by atoms with Crippen molar-refractivity contribution in [1.82, 2.24) is 9.88 Å². The molecule has 38 heavy (non-hydrogen) atoms. The van der Waals surface area contributed by atoms with E-state index in [4.69, 9.17) is 4.99 Å². The first kappa shape index (κ1) is 25.3. The highest BCUT2D eigenvalue weighted by Gasteiger charge is 2.20. The zero-order valence-corrected chi connectivity index (χ0v) is 21.9. The van der Waals surface area contributed by atoms with Crippen molar-refractivity contribution in [2.24, 2.45) is 4.99 Å². The largest absolute Gasteiger partial charge is 0.494 e. The van der Waals surface area contributed by atoms with E-state index >= 15 is 0 Å². The Morgan fingerprint density at radius 2 is 1.61 bits per heavy atom. The maximum Gasteiger partial charge on any atom is 0.261 e. The molecular formula is C30H28N4O3S. The van der Waals surface area contributed by atoms with E-state index in [9.17, 15) is 13.5 Å². The summed E-state index contributed by atoms with van der Waals surface area (Å²) in [4.78, 5) is 10.3. The highest BCUT2D eigenvalue weighted by Crippen LogP contribution is 2.34. The molecule has 0 saturated carbocycles. The maximum atomic E-state index is 12.9. The van der Waals surface area contributed by atoms with Gasteiger partial charge in [-0.2, -0.15) is 0 Å². The summed E-state index contributed by atoms with van der Waals surface area (Å²) in [6.07, 6.45) is 0. The first-order chi connectivity index (χ1) is 18.3. The average Bonchev–Trinajstić information content (AvgIpc) is 3.22. The van der Waals surface area contributed by atoms with E-state index in [0.717, 1.165) is 23.4 Å². The number of nitrogens with one attached hydrogen (secondary N) is 2. The summed E-state index contributed by atoms with van der Waals surface area (Å²) in [5, 5.41) is 11.7. The van der Waals surface area contributed by atoms with Crippen LogP contribution in [0.1, 0.15) is 16.7 Å². The van der Waals surface area contributed by atoms with Crippen LogP contribution in [0.2, 0.25) is 0 Å². The van der Waals surface area contributed by atoms with Gasteiger partial charge in [0.2, 0.25) is 0 Å². The van der Waals surface area contributed by atoms with Crippen LogP contribution >= 0.6 is 0 Å². The van der Waals surface area contributed by atoms with Crippen LogP contribution in [0.25, 0.3) is 10.9 Å². The van der Waals surface area contributed by atoms with Gasteiger partial charge in [-0.1, -0.05) is 60.7 Å². The predicted molar refractivity (Wildman–Crippen MR) is 153 cm³/mol. The normalized spacial score (nSPS) is 12.2. The molecule has 0 aliphatic heterocycles. The quantitative estimate of drug-likeness (QED) is 0.220. The zero-order chi connectivity index (χ0) is 26.7. The second-order valence-corrected chi connectivity index (χ2v) is 10.9. The molecule has 5 aromatic rings. The van der Waals surface area contributed by atoms with Gasteiger partial charge in [0, 0.05) is 28.7 Å². The van der Waals surface area contributed by atoms with Crippen LogP contribution < -0.4 is 4.72 Å². The molecule has 8 heteroatoms. The number of fused-ring (bicyclic) bond motifs is 1. The van der Waals surface area contributed by atoms with Crippen LogP contribution in [-0.2, 0) is 16.6 Å². The summed E-state index contributed by atoms with van der Waals surface area (Å²) >= 11 is 0. The number of aromatic hydroxyl groups is 1. The van der Waals surface area contributed by atoms with Gasteiger partial charge in [0.05, 0.1) is 21.9 Å². The molecule has 1 aromatic heterocycles. The Labute approximate surface area is 222 Å². The van der Waals surface area contributed by atoms with Gasteiger partial charge in [0.15, 0.2) is 5.88 Å². The molecule has 0 unspecified atom stereocenters. The Kier molecular flexibility index (Phi) is 7.00. The molecule has 0 aliphatic carbocycles. The van der Waals surface area contributed by atoms with E-state index < -0.39 is 10.0 Å². The fourth-order valence-corrected chi connectivity index (χ4v) is 5.44. The molecule has 1 heterocycles. The Hall–Kier alpha value is -4.40. The highest BCUT2D eigenvalue weighted by atomic mass is 32.2. The Morgan fingerprint density at radius 3 is 2.32 bits per heavy atom. The molecule has 3 N–H and O–H groups in total. The van der Waals surface area contributed by atoms with Crippen molar-refractivity contribution >= 4 is 38.0 Å². The van der Waals surface area contributed by atoms with E-state index in [1.54, 1.807) is 48.5 Å². The summed E-state index contributed by atoms with van der Waals surface area (Å²) < 4.78 is 28.5. The van der Waals surface area contributed by atoms with Gasteiger partial charge in [-0.15, -0.1) is 0 Å². The second kappa shape index (κ2) is 10.5. The van der Waals surface area contributed by atoms with Gasteiger partial charge in [0.1, 0.15) is 0 Å². The van der Waals surface area contributed by atoms with Crippen LogP contribution in [0, 0.1) is 0 Å². The smallest absolute Gasteiger partial charge is 0.261 e. The lowest BCUT2D eigenvalue weighted by Gasteiger charge is -2.12. The molecule has 0 amide bonds. The fourth-order valence-electron chi connectivity index (χ4n) is 4.37. The van der Waals surface area contributed by atoms with E-state index in [1.807, 2.05) is 62.6 Å². The first-order valence-corrected chi connectivity index (χ1v) is 13.6. The molecule has 192 valence electrons. The van der Waals surface area contributed by atoms with Gasteiger partial charge in [-0.3, -0.25) is 4.72 Å². The van der Waals surface area contributed by atoms with Gasteiger partial charge in [-0.05, 0) is 62.1 Å². The number of anilines is 1. The molecule has 7 nitrogen and oxygen atoms in total. The number of hydrogen-bond acceptors (Lipinski definition) is 5. The van der Waals surface area contributed by atoms with Crippen molar-refractivity contribution in [2.45, 2.75) is 11.4 Å². The molecule has 0 saturated heterocycles. The summed E-state index contributed by atoms with van der Waals surface area (Å²) in [6.45, 7) is 0.771. The van der Waals surface area contributed by atoms with Crippen molar-refractivity contribution in [1.29, 1.82) is 0 Å². The van der Waals surface area contributed by atoms with Crippen LogP contribution in [-0.4, -0.2) is 43.2 Å². The number of benzene rings is 4. The SMILES string of the molecule is CN(C)Cc1cccc(N=C(c2ccccc2)c2c(O)[nH]c3ccc(NS(=O)(=O)c4ccccc4)cc23)c1. The highest BCUT2D eigenvalue weighted by molar-refractivity contribution is 7.92. The number of nitrogens with zero attached hydrogens (tertiary/aromatic N) is 2. The molecule has 5 rings (SSSR count). The lowest BCUT2D eigenvalue weighted by Crippen LogP contribution is -2.12. The van der Waals surface area contributed by atoms with E-state index in [2.05, 4.69) is 20.7 Å². The minimum Gasteiger partial charge on any atom is -0.494 e. The van der Waals surface area contributed by atoms with Gasteiger partial charge in [0.25, 0.3) is 10.0 Å². The van der Waals surface area contributed by atoms with Crippen LogP contribution in [0.4, 0.5) is 11.4 Å². The number of aliphatic imine (C=N–C) groups is 1. The van der Waals surface area contributed by atoms with Gasteiger partial charge in [-0.25, -0.2) is 13.4 Å². The van der Waals surface area contributed by atoms with Crippen molar-refractivity contribution < 1.29 is 13.5 Å². The maximum absolute atomic E-state index is 12.9. The number of aromatic nitrogens is 1. The average molecular weight is 525 g/mol. The first-order valence-electron chi connectivity index (χ1n) is 12.1. The molecule has 4 aromatic carbocycles. The third kappa shape index (κ3) is 5.46. The van der Waals surface area contributed by atoms with Crippen LogP contribution in [0.5, 0.6) is 5.88 Å².